The number of benzene rings is 2. The molecule has 29 heavy (non-hydrogen) atoms. The number of fused-ring (bicyclic) bond motifs is 2. The average Bonchev–Trinajstić information content (AvgIpc) is 3.32. The van der Waals surface area contributed by atoms with Crippen molar-refractivity contribution in [1.82, 2.24) is 0 Å². The number of halogens is 1. The molecule has 3 heterocycles. The van der Waals surface area contributed by atoms with Crippen molar-refractivity contribution in [3.63, 3.8) is 0 Å². The van der Waals surface area contributed by atoms with Crippen LogP contribution in [0.1, 0.15) is 32.5 Å². The molecule has 0 aliphatic carbocycles. The number of aromatic carboxylic acids is 1. The lowest BCUT2D eigenvalue weighted by Crippen LogP contribution is -2.22. The van der Waals surface area contributed by atoms with Crippen LogP contribution >= 0.6 is 11.3 Å². The van der Waals surface area contributed by atoms with Gasteiger partial charge in [0.1, 0.15) is 10.7 Å². The largest absolute Gasteiger partial charge is 0.477 e. The molecule has 1 atom stereocenters. The molecule has 0 unspecified atom stereocenters. The molecule has 2 aliphatic heterocycles. The number of carboxylic acids is 1. The van der Waals surface area contributed by atoms with E-state index in [0.29, 0.717) is 28.3 Å². The van der Waals surface area contributed by atoms with Gasteiger partial charge in [-0.25, -0.2) is 9.18 Å². The number of amides is 1. The highest BCUT2D eigenvalue weighted by molar-refractivity contribution is 7.15. The molecule has 0 spiro atoms. The molecular formula is C21H14FNO5S. The topological polar surface area (TPSA) is 84.9 Å². The van der Waals surface area contributed by atoms with E-state index in [1.54, 1.807) is 6.07 Å². The number of ether oxygens (including phenoxy) is 2. The molecule has 0 saturated heterocycles. The van der Waals surface area contributed by atoms with E-state index in [-0.39, 0.29) is 29.9 Å². The Kier molecular flexibility index (Phi) is 4.02. The first-order chi connectivity index (χ1) is 14.0. The normalized spacial score (nSPS) is 17.0. The Hall–Kier alpha value is -3.39. The molecule has 5 rings (SSSR count). The van der Waals surface area contributed by atoms with Gasteiger partial charge in [0.05, 0.1) is 5.69 Å². The fourth-order valence-corrected chi connectivity index (χ4v) is 4.97. The standard InChI is InChI=1S/C21H14FNO5S/c22-12-4-1-10(2-5-12)17-18-19(29-20(17)21(25)26)13(8-16(24)23-18)11-3-6-14-15(7-11)28-9-27-14/h1-7,13H,8-9H2,(H,23,24)(H,25,26)/t13-/m0/s1. The van der Waals surface area contributed by atoms with Gasteiger partial charge in [-0.2, -0.15) is 0 Å². The van der Waals surface area contributed by atoms with Gasteiger partial charge in [-0.05, 0) is 35.4 Å². The minimum absolute atomic E-state index is 0.106. The summed E-state index contributed by atoms with van der Waals surface area (Å²) in [4.78, 5) is 25.3. The molecule has 146 valence electrons. The lowest BCUT2D eigenvalue weighted by atomic mass is 9.88. The number of anilines is 1. The van der Waals surface area contributed by atoms with Crippen molar-refractivity contribution in [1.29, 1.82) is 0 Å². The maximum absolute atomic E-state index is 13.4. The number of carboxylic acid groups (broad SMARTS) is 1. The highest BCUT2D eigenvalue weighted by Crippen LogP contribution is 2.50. The zero-order chi connectivity index (χ0) is 20.1. The smallest absolute Gasteiger partial charge is 0.346 e. The lowest BCUT2D eigenvalue weighted by molar-refractivity contribution is -0.116. The second kappa shape index (κ2) is 6.59. The highest BCUT2D eigenvalue weighted by atomic mass is 32.1. The van der Waals surface area contributed by atoms with E-state index < -0.39 is 11.8 Å². The predicted octanol–water partition coefficient (Wildman–Crippen LogP) is 4.46. The van der Waals surface area contributed by atoms with Gasteiger partial charge in [0, 0.05) is 22.8 Å². The summed E-state index contributed by atoms with van der Waals surface area (Å²) in [6.07, 6.45) is 0.190. The number of rotatable bonds is 3. The fourth-order valence-electron chi connectivity index (χ4n) is 3.73. The number of nitrogens with one attached hydrogen (secondary N) is 1. The van der Waals surface area contributed by atoms with Gasteiger partial charge >= 0.3 is 5.97 Å². The van der Waals surface area contributed by atoms with Crippen molar-refractivity contribution in [2.75, 3.05) is 12.1 Å². The minimum Gasteiger partial charge on any atom is -0.477 e. The van der Waals surface area contributed by atoms with Crippen molar-refractivity contribution >= 4 is 28.9 Å². The van der Waals surface area contributed by atoms with Gasteiger partial charge in [0.2, 0.25) is 12.7 Å². The first kappa shape index (κ1) is 17.7. The van der Waals surface area contributed by atoms with E-state index in [0.717, 1.165) is 21.8 Å². The molecule has 0 radical (unpaired) electrons. The molecule has 0 fully saturated rings. The Labute approximate surface area is 168 Å². The summed E-state index contributed by atoms with van der Waals surface area (Å²) in [6.45, 7) is 0.145. The Morgan fingerprint density at radius 1 is 1.14 bits per heavy atom. The number of thiophene rings is 1. The number of hydrogen-bond donors (Lipinski definition) is 2. The van der Waals surface area contributed by atoms with Crippen LogP contribution in [0.3, 0.4) is 0 Å². The van der Waals surface area contributed by atoms with Crippen LogP contribution in [0.25, 0.3) is 11.1 Å². The monoisotopic (exact) mass is 411 g/mol. The van der Waals surface area contributed by atoms with Crippen molar-refractivity contribution in [3.05, 3.63) is 63.6 Å². The zero-order valence-electron chi connectivity index (χ0n) is 14.9. The maximum atomic E-state index is 13.4. The van der Waals surface area contributed by atoms with E-state index >= 15 is 0 Å². The molecule has 1 aromatic heterocycles. The molecule has 3 aromatic rings. The second-order valence-electron chi connectivity index (χ2n) is 6.78. The number of carbonyl (C=O) groups excluding carboxylic acids is 1. The Bertz CT molecular complexity index is 1150. The van der Waals surface area contributed by atoms with Crippen LogP contribution in [0.2, 0.25) is 0 Å². The predicted molar refractivity (Wildman–Crippen MR) is 104 cm³/mol. The highest BCUT2D eigenvalue weighted by Gasteiger charge is 2.35. The molecule has 2 aliphatic rings. The first-order valence-electron chi connectivity index (χ1n) is 8.86. The molecule has 0 saturated carbocycles. The van der Waals surface area contributed by atoms with Gasteiger partial charge in [-0.3, -0.25) is 4.79 Å². The zero-order valence-corrected chi connectivity index (χ0v) is 15.7. The summed E-state index contributed by atoms with van der Waals surface area (Å²) in [7, 11) is 0. The van der Waals surface area contributed by atoms with Crippen LogP contribution in [-0.2, 0) is 4.79 Å². The number of hydrogen-bond acceptors (Lipinski definition) is 5. The van der Waals surface area contributed by atoms with Crippen molar-refractivity contribution < 1.29 is 28.6 Å². The van der Waals surface area contributed by atoms with Gasteiger partial charge in [0.15, 0.2) is 11.5 Å². The molecule has 8 heteroatoms. The van der Waals surface area contributed by atoms with Gasteiger partial charge in [0.25, 0.3) is 0 Å². The summed E-state index contributed by atoms with van der Waals surface area (Å²) >= 11 is 1.13. The first-order valence-corrected chi connectivity index (χ1v) is 9.68. The summed E-state index contributed by atoms with van der Waals surface area (Å²) < 4.78 is 24.2. The van der Waals surface area contributed by atoms with E-state index in [1.165, 1.54) is 24.3 Å². The average molecular weight is 411 g/mol. The molecule has 2 aromatic carbocycles. The minimum atomic E-state index is -1.09. The third-order valence-corrected chi connectivity index (χ3v) is 6.32. The van der Waals surface area contributed by atoms with E-state index in [1.807, 2.05) is 12.1 Å². The Balaban J connectivity index is 1.68. The lowest BCUT2D eigenvalue weighted by Gasteiger charge is -2.24. The van der Waals surface area contributed by atoms with Crippen LogP contribution < -0.4 is 14.8 Å². The van der Waals surface area contributed by atoms with E-state index in [9.17, 15) is 19.1 Å². The molecule has 1 amide bonds. The number of carbonyl (C=O) groups is 2. The summed E-state index contributed by atoms with van der Waals surface area (Å²) in [5.41, 5.74) is 2.25. The Morgan fingerprint density at radius 3 is 2.66 bits per heavy atom. The maximum Gasteiger partial charge on any atom is 0.346 e. The van der Waals surface area contributed by atoms with Gasteiger partial charge in [-0.15, -0.1) is 11.3 Å². The van der Waals surface area contributed by atoms with E-state index in [2.05, 4.69) is 5.32 Å². The molecular weight excluding hydrogens is 397 g/mol. The van der Waals surface area contributed by atoms with E-state index in [4.69, 9.17) is 9.47 Å². The molecule has 0 bridgehead atoms. The van der Waals surface area contributed by atoms with Gasteiger partial charge < -0.3 is 19.9 Å². The summed E-state index contributed by atoms with van der Waals surface area (Å²) in [6, 6.07) is 11.0. The van der Waals surface area contributed by atoms with Crippen LogP contribution in [0.4, 0.5) is 10.1 Å². The summed E-state index contributed by atoms with van der Waals surface area (Å²) in [5, 5.41) is 12.6. The second-order valence-corrected chi connectivity index (χ2v) is 7.83. The quantitative estimate of drug-likeness (QED) is 0.665. The van der Waals surface area contributed by atoms with Crippen molar-refractivity contribution in [2.24, 2.45) is 0 Å². The third-order valence-electron chi connectivity index (χ3n) is 5.03. The van der Waals surface area contributed by atoms with Gasteiger partial charge in [-0.1, -0.05) is 18.2 Å². The Morgan fingerprint density at radius 2 is 1.90 bits per heavy atom. The van der Waals surface area contributed by atoms with Crippen LogP contribution in [0.5, 0.6) is 11.5 Å². The molecule has 6 nitrogen and oxygen atoms in total. The molecule has 2 N–H and O–H groups in total. The third kappa shape index (κ3) is 2.92. The fraction of sp³-hybridized carbons (Fsp3) is 0.143. The van der Waals surface area contributed by atoms with Crippen LogP contribution in [0, 0.1) is 5.82 Å². The van der Waals surface area contributed by atoms with Crippen LogP contribution in [0.15, 0.2) is 42.5 Å². The van der Waals surface area contributed by atoms with Crippen molar-refractivity contribution in [2.45, 2.75) is 12.3 Å². The van der Waals surface area contributed by atoms with Crippen molar-refractivity contribution in [3.8, 4) is 22.6 Å². The van der Waals surface area contributed by atoms with Crippen LogP contribution in [-0.4, -0.2) is 23.8 Å². The SMILES string of the molecule is O=C1C[C@@H](c2ccc3c(c2)OCO3)c2sc(C(=O)O)c(-c3ccc(F)cc3)c2N1. The summed E-state index contributed by atoms with van der Waals surface area (Å²) in [5.74, 6) is -0.800.